The number of fused-ring (bicyclic) bond motifs is 1. The van der Waals surface area contributed by atoms with Gasteiger partial charge in [0.2, 0.25) is 5.76 Å². The van der Waals surface area contributed by atoms with Crippen molar-refractivity contribution in [3.8, 4) is 5.75 Å². The molecule has 1 aromatic heterocycles. The molecule has 31 heavy (non-hydrogen) atoms. The second kappa shape index (κ2) is 8.81. The lowest BCUT2D eigenvalue weighted by Gasteiger charge is -2.19. The highest BCUT2D eigenvalue weighted by molar-refractivity contribution is 7.89. The molecule has 0 saturated carbocycles. The number of benzene rings is 2. The standard InChI is InChI=1S/C22H24N2O6S/c1-14(2)23-22(26)24(3)15-9-11-16(12-10-15)29-21(25)20-18(13-31(4,27)28)17-7-5-6-8-19(17)30-20/h5-12,14H,13H2,1-4H3,(H,23,26). The van der Waals surface area contributed by atoms with Crippen LogP contribution >= 0.6 is 0 Å². The van der Waals surface area contributed by atoms with E-state index in [9.17, 15) is 18.0 Å². The third-order valence-corrected chi connectivity index (χ3v) is 5.25. The number of hydrogen-bond acceptors (Lipinski definition) is 6. The maximum atomic E-state index is 12.8. The Morgan fingerprint density at radius 1 is 1.10 bits per heavy atom. The van der Waals surface area contributed by atoms with Crippen LogP contribution in [-0.2, 0) is 15.6 Å². The summed E-state index contributed by atoms with van der Waals surface area (Å²) >= 11 is 0. The second-order valence-electron chi connectivity index (χ2n) is 7.52. The summed E-state index contributed by atoms with van der Waals surface area (Å²) in [6.07, 6.45) is 1.09. The third-order valence-electron chi connectivity index (χ3n) is 4.44. The molecular formula is C22H24N2O6S. The summed E-state index contributed by atoms with van der Waals surface area (Å²) in [5.74, 6) is -1.06. The SMILES string of the molecule is CC(C)NC(=O)N(C)c1ccc(OC(=O)c2oc3ccccc3c2CS(C)(=O)=O)cc1. The summed E-state index contributed by atoms with van der Waals surface area (Å²) in [7, 11) is -1.78. The van der Waals surface area contributed by atoms with Crippen LogP contribution in [0.1, 0.15) is 30.0 Å². The van der Waals surface area contributed by atoms with E-state index in [4.69, 9.17) is 9.15 Å². The zero-order valence-corrected chi connectivity index (χ0v) is 18.5. The van der Waals surface area contributed by atoms with E-state index in [2.05, 4.69) is 5.32 Å². The van der Waals surface area contributed by atoms with E-state index < -0.39 is 15.8 Å². The van der Waals surface area contributed by atoms with Crippen molar-refractivity contribution >= 4 is 38.5 Å². The third kappa shape index (κ3) is 5.43. The van der Waals surface area contributed by atoms with Gasteiger partial charge in [0.1, 0.15) is 11.3 Å². The Morgan fingerprint density at radius 3 is 2.35 bits per heavy atom. The number of urea groups is 1. The molecule has 0 fully saturated rings. The summed E-state index contributed by atoms with van der Waals surface area (Å²) in [6.45, 7) is 3.73. The van der Waals surface area contributed by atoms with E-state index in [0.717, 1.165) is 6.26 Å². The fourth-order valence-electron chi connectivity index (χ4n) is 3.02. The molecule has 0 saturated heterocycles. The molecule has 0 aliphatic carbocycles. The number of hydrogen-bond donors (Lipinski definition) is 1. The second-order valence-corrected chi connectivity index (χ2v) is 9.66. The fraction of sp³-hybridized carbons (Fsp3) is 0.273. The zero-order valence-electron chi connectivity index (χ0n) is 17.7. The van der Waals surface area contributed by atoms with Gasteiger partial charge in [0.15, 0.2) is 9.84 Å². The van der Waals surface area contributed by atoms with Crippen molar-refractivity contribution in [1.29, 1.82) is 0 Å². The average Bonchev–Trinajstić information content (AvgIpc) is 3.04. The number of sulfone groups is 1. The first-order chi connectivity index (χ1) is 14.5. The number of nitrogens with zero attached hydrogens (tertiary/aromatic N) is 1. The first-order valence-corrected chi connectivity index (χ1v) is 11.7. The number of esters is 1. The van der Waals surface area contributed by atoms with Crippen LogP contribution in [-0.4, -0.2) is 39.8 Å². The smallest absolute Gasteiger partial charge is 0.379 e. The first kappa shape index (κ1) is 22.4. The average molecular weight is 445 g/mol. The van der Waals surface area contributed by atoms with E-state index >= 15 is 0 Å². The maximum absolute atomic E-state index is 12.8. The molecule has 2 amide bonds. The van der Waals surface area contributed by atoms with E-state index in [0.29, 0.717) is 16.7 Å². The Kier molecular flexibility index (Phi) is 6.35. The van der Waals surface area contributed by atoms with Crippen LogP contribution in [0.5, 0.6) is 5.75 Å². The Bertz CT molecular complexity index is 1210. The van der Waals surface area contributed by atoms with Crippen molar-refractivity contribution in [2.45, 2.75) is 25.6 Å². The predicted octanol–water partition coefficient (Wildman–Crippen LogP) is 3.75. The molecule has 3 aromatic rings. The molecule has 0 aliphatic heterocycles. The minimum absolute atomic E-state index is 0.000109. The highest BCUT2D eigenvalue weighted by Gasteiger charge is 2.25. The van der Waals surface area contributed by atoms with E-state index in [-0.39, 0.29) is 34.9 Å². The number of carbonyl (C=O) groups is 2. The van der Waals surface area contributed by atoms with Crippen LogP contribution in [0.2, 0.25) is 0 Å². The lowest BCUT2D eigenvalue weighted by molar-refractivity contribution is 0.0702. The molecule has 0 aliphatic rings. The number of nitrogens with one attached hydrogen (secondary N) is 1. The minimum Gasteiger partial charge on any atom is -0.449 e. The number of rotatable bonds is 6. The molecule has 0 atom stereocenters. The Hall–Kier alpha value is -3.33. The summed E-state index contributed by atoms with van der Waals surface area (Å²) in [5.41, 5.74) is 1.28. The molecule has 2 aromatic carbocycles. The molecule has 0 bridgehead atoms. The van der Waals surface area contributed by atoms with Crippen molar-refractivity contribution in [2.24, 2.45) is 0 Å². The largest absolute Gasteiger partial charge is 0.449 e. The van der Waals surface area contributed by atoms with Gasteiger partial charge >= 0.3 is 12.0 Å². The minimum atomic E-state index is -3.41. The van der Waals surface area contributed by atoms with Crippen LogP contribution < -0.4 is 15.0 Å². The summed E-state index contributed by atoms with van der Waals surface area (Å²) in [5, 5.41) is 3.34. The molecule has 1 N–H and O–H groups in total. The quantitative estimate of drug-likeness (QED) is 0.458. The first-order valence-electron chi connectivity index (χ1n) is 9.60. The van der Waals surface area contributed by atoms with Gasteiger partial charge in [-0.1, -0.05) is 18.2 Å². The zero-order chi connectivity index (χ0) is 22.8. The summed E-state index contributed by atoms with van der Waals surface area (Å²) in [6, 6.07) is 12.9. The van der Waals surface area contributed by atoms with E-state index in [1.807, 2.05) is 13.8 Å². The Labute approximate surface area is 180 Å². The van der Waals surface area contributed by atoms with E-state index in [1.54, 1.807) is 55.6 Å². The molecule has 0 radical (unpaired) electrons. The summed E-state index contributed by atoms with van der Waals surface area (Å²) in [4.78, 5) is 26.3. The van der Waals surface area contributed by atoms with Gasteiger partial charge in [-0.05, 0) is 44.2 Å². The molecule has 9 heteroatoms. The Morgan fingerprint density at radius 2 is 1.74 bits per heavy atom. The van der Waals surface area contributed by atoms with Crippen LogP contribution in [0.15, 0.2) is 52.9 Å². The lowest BCUT2D eigenvalue weighted by atomic mass is 10.1. The summed E-state index contributed by atoms with van der Waals surface area (Å²) < 4.78 is 34.7. The normalized spacial score (nSPS) is 11.5. The molecule has 164 valence electrons. The molecule has 0 unspecified atom stereocenters. The lowest BCUT2D eigenvalue weighted by Crippen LogP contribution is -2.40. The highest BCUT2D eigenvalue weighted by Crippen LogP contribution is 2.29. The van der Waals surface area contributed by atoms with Crippen LogP contribution in [0.25, 0.3) is 11.0 Å². The van der Waals surface area contributed by atoms with Crippen molar-refractivity contribution in [2.75, 3.05) is 18.2 Å². The maximum Gasteiger partial charge on any atom is 0.379 e. The molecule has 0 spiro atoms. The molecule has 8 nitrogen and oxygen atoms in total. The number of carbonyl (C=O) groups excluding carboxylic acids is 2. The molecule has 3 rings (SSSR count). The fourth-order valence-corrected chi connectivity index (χ4v) is 3.83. The number of para-hydroxylation sites is 1. The van der Waals surface area contributed by atoms with Crippen molar-refractivity contribution in [3.63, 3.8) is 0 Å². The number of ether oxygens (including phenoxy) is 1. The monoisotopic (exact) mass is 444 g/mol. The van der Waals surface area contributed by atoms with Crippen LogP contribution in [0.4, 0.5) is 10.5 Å². The van der Waals surface area contributed by atoms with Gasteiger partial charge in [0, 0.05) is 36.0 Å². The van der Waals surface area contributed by atoms with E-state index in [1.165, 1.54) is 4.90 Å². The highest BCUT2D eigenvalue weighted by atomic mass is 32.2. The van der Waals surface area contributed by atoms with Gasteiger partial charge in [-0.15, -0.1) is 0 Å². The van der Waals surface area contributed by atoms with Crippen molar-refractivity contribution < 1.29 is 27.2 Å². The Balaban J connectivity index is 1.83. The van der Waals surface area contributed by atoms with Crippen LogP contribution in [0, 0.1) is 0 Å². The topological polar surface area (TPSA) is 106 Å². The number of anilines is 1. The number of amides is 2. The molecular weight excluding hydrogens is 420 g/mol. The number of furan rings is 1. The van der Waals surface area contributed by atoms with Gasteiger partial charge in [0.25, 0.3) is 0 Å². The van der Waals surface area contributed by atoms with Crippen LogP contribution in [0.3, 0.4) is 0 Å². The molecule has 1 heterocycles. The predicted molar refractivity (Wildman–Crippen MR) is 118 cm³/mol. The van der Waals surface area contributed by atoms with Gasteiger partial charge < -0.3 is 14.5 Å². The van der Waals surface area contributed by atoms with Gasteiger partial charge in [-0.3, -0.25) is 4.90 Å². The van der Waals surface area contributed by atoms with Crippen molar-refractivity contribution in [3.05, 3.63) is 59.9 Å². The van der Waals surface area contributed by atoms with Crippen molar-refractivity contribution in [1.82, 2.24) is 5.32 Å². The van der Waals surface area contributed by atoms with Gasteiger partial charge in [0.05, 0.1) is 5.75 Å². The van der Waals surface area contributed by atoms with Gasteiger partial charge in [-0.2, -0.15) is 0 Å². The van der Waals surface area contributed by atoms with Gasteiger partial charge in [-0.25, -0.2) is 18.0 Å².